The maximum Gasteiger partial charge on any atom is 0.191 e. The van der Waals surface area contributed by atoms with Crippen LogP contribution in [0, 0.1) is 0 Å². The van der Waals surface area contributed by atoms with Crippen LogP contribution in [0.4, 0.5) is 0 Å². The third-order valence-electron chi connectivity index (χ3n) is 3.32. The van der Waals surface area contributed by atoms with Crippen LogP contribution in [0.25, 0.3) is 0 Å². The van der Waals surface area contributed by atoms with Crippen molar-refractivity contribution in [1.82, 2.24) is 10.6 Å². The molecule has 2 N–H and O–H groups in total. The highest BCUT2D eigenvalue weighted by atomic mass is 127. The minimum atomic E-state index is -2.91. The minimum Gasteiger partial charge on any atom is -0.469 e. The lowest BCUT2D eigenvalue weighted by Crippen LogP contribution is -2.44. The van der Waals surface area contributed by atoms with E-state index in [0.717, 1.165) is 17.8 Å². The van der Waals surface area contributed by atoms with Gasteiger partial charge in [-0.1, -0.05) is 12.2 Å². The fourth-order valence-corrected chi connectivity index (χ4v) is 3.90. The van der Waals surface area contributed by atoms with Crippen LogP contribution in [0.15, 0.2) is 40.0 Å². The highest BCUT2D eigenvalue weighted by molar-refractivity contribution is 14.0. The van der Waals surface area contributed by atoms with Crippen molar-refractivity contribution < 1.29 is 12.8 Å². The van der Waals surface area contributed by atoms with Crippen molar-refractivity contribution in [1.29, 1.82) is 0 Å². The SMILES string of the molecule is C=C(C)CN=C(NCCc1ccco1)NC1CCS(=O)(=O)C1.I. The van der Waals surface area contributed by atoms with E-state index in [1.807, 2.05) is 19.1 Å². The van der Waals surface area contributed by atoms with Gasteiger partial charge in [-0.05, 0) is 25.5 Å². The van der Waals surface area contributed by atoms with E-state index in [4.69, 9.17) is 4.42 Å². The molecule has 0 amide bonds. The fraction of sp³-hybridized carbons (Fsp3) is 0.533. The Balaban J connectivity index is 0.00000264. The van der Waals surface area contributed by atoms with Crippen LogP contribution in [0.1, 0.15) is 19.1 Å². The van der Waals surface area contributed by atoms with Crippen molar-refractivity contribution in [2.75, 3.05) is 24.6 Å². The molecule has 1 aliphatic rings. The monoisotopic (exact) mass is 453 g/mol. The van der Waals surface area contributed by atoms with Gasteiger partial charge in [0.2, 0.25) is 0 Å². The van der Waals surface area contributed by atoms with Gasteiger partial charge in [0.15, 0.2) is 15.8 Å². The number of halogens is 1. The van der Waals surface area contributed by atoms with Gasteiger partial charge in [0.25, 0.3) is 0 Å². The van der Waals surface area contributed by atoms with Crippen molar-refractivity contribution in [3.8, 4) is 0 Å². The molecule has 130 valence electrons. The molecular weight excluding hydrogens is 429 g/mol. The zero-order valence-corrected chi connectivity index (χ0v) is 16.4. The Morgan fingerprint density at radius 2 is 2.30 bits per heavy atom. The molecule has 0 bridgehead atoms. The fourth-order valence-electron chi connectivity index (χ4n) is 2.23. The van der Waals surface area contributed by atoms with Crippen molar-refractivity contribution in [3.63, 3.8) is 0 Å². The number of nitrogens with zero attached hydrogens (tertiary/aromatic N) is 1. The van der Waals surface area contributed by atoms with E-state index in [1.54, 1.807) is 6.26 Å². The second-order valence-electron chi connectivity index (χ2n) is 5.62. The zero-order chi connectivity index (χ0) is 16.0. The van der Waals surface area contributed by atoms with Crippen molar-refractivity contribution in [2.24, 2.45) is 4.99 Å². The number of hydrogen-bond acceptors (Lipinski definition) is 4. The summed E-state index contributed by atoms with van der Waals surface area (Å²) in [6.07, 6.45) is 3.01. The molecule has 23 heavy (non-hydrogen) atoms. The van der Waals surface area contributed by atoms with Crippen molar-refractivity contribution >= 4 is 39.8 Å². The number of sulfone groups is 1. The average Bonchev–Trinajstić information content (AvgIpc) is 3.05. The average molecular weight is 453 g/mol. The number of aliphatic imine (C=N–C) groups is 1. The summed E-state index contributed by atoms with van der Waals surface area (Å²) < 4.78 is 28.3. The second-order valence-corrected chi connectivity index (χ2v) is 7.85. The van der Waals surface area contributed by atoms with E-state index in [2.05, 4.69) is 22.2 Å². The van der Waals surface area contributed by atoms with Crippen LogP contribution in [-0.4, -0.2) is 45.0 Å². The summed E-state index contributed by atoms with van der Waals surface area (Å²) in [5.41, 5.74) is 0.950. The van der Waals surface area contributed by atoms with Gasteiger partial charge >= 0.3 is 0 Å². The molecule has 2 heterocycles. The molecule has 0 saturated carbocycles. The van der Waals surface area contributed by atoms with E-state index in [0.29, 0.717) is 25.5 Å². The van der Waals surface area contributed by atoms with E-state index in [-0.39, 0.29) is 41.5 Å². The van der Waals surface area contributed by atoms with Crippen molar-refractivity contribution in [3.05, 3.63) is 36.3 Å². The lowest BCUT2D eigenvalue weighted by atomic mass is 10.3. The topological polar surface area (TPSA) is 83.7 Å². The minimum absolute atomic E-state index is 0. The molecule has 0 aliphatic carbocycles. The van der Waals surface area contributed by atoms with E-state index in [1.165, 1.54) is 0 Å². The van der Waals surface area contributed by atoms with Gasteiger partial charge in [0.05, 0.1) is 24.3 Å². The summed E-state index contributed by atoms with van der Waals surface area (Å²) in [6, 6.07) is 3.70. The Morgan fingerprint density at radius 3 is 2.87 bits per heavy atom. The third-order valence-corrected chi connectivity index (χ3v) is 5.09. The zero-order valence-electron chi connectivity index (χ0n) is 13.2. The first-order chi connectivity index (χ1) is 10.4. The van der Waals surface area contributed by atoms with Gasteiger partial charge in [-0.3, -0.25) is 0 Å². The molecule has 1 aromatic heterocycles. The molecule has 1 atom stereocenters. The number of hydrogen-bond donors (Lipinski definition) is 2. The van der Waals surface area contributed by atoms with E-state index in [9.17, 15) is 8.42 Å². The van der Waals surface area contributed by atoms with E-state index >= 15 is 0 Å². The molecule has 2 rings (SSSR count). The normalized spacial score (nSPS) is 19.9. The molecule has 0 radical (unpaired) electrons. The van der Waals surface area contributed by atoms with Gasteiger partial charge in [-0.15, -0.1) is 24.0 Å². The number of rotatable bonds is 6. The van der Waals surface area contributed by atoms with Crippen LogP contribution in [0.2, 0.25) is 0 Å². The smallest absolute Gasteiger partial charge is 0.191 e. The second kappa shape index (κ2) is 9.31. The first-order valence-corrected chi connectivity index (χ1v) is 9.19. The number of nitrogens with one attached hydrogen (secondary N) is 2. The summed E-state index contributed by atoms with van der Waals surface area (Å²) in [6.45, 7) is 6.91. The predicted molar refractivity (Wildman–Crippen MR) is 103 cm³/mol. The van der Waals surface area contributed by atoms with Crippen molar-refractivity contribution in [2.45, 2.75) is 25.8 Å². The third kappa shape index (κ3) is 7.38. The molecule has 1 unspecified atom stereocenters. The van der Waals surface area contributed by atoms with Crippen LogP contribution in [0.5, 0.6) is 0 Å². The van der Waals surface area contributed by atoms with Crippen LogP contribution >= 0.6 is 24.0 Å². The summed E-state index contributed by atoms with van der Waals surface area (Å²) in [5.74, 6) is 1.93. The Morgan fingerprint density at radius 1 is 1.52 bits per heavy atom. The van der Waals surface area contributed by atoms with Gasteiger partial charge in [0.1, 0.15) is 5.76 Å². The quantitative estimate of drug-likeness (QED) is 0.297. The Kier molecular flexibility index (Phi) is 8.10. The molecule has 1 fully saturated rings. The number of guanidine groups is 1. The van der Waals surface area contributed by atoms with E-state index < -0.39 is 9.84 Å². The molecular formula is C15H24IN3O3S. The molecule has 1 aliphatic heterocycles. The lowest BCUT2D eigenvalue weighted by Gasteiger charge is -2.16. The Bertz CT molecular complexity index is 626. The summed E-state index contributed by atoms with van der Waals surface area (Å²) in [5, 5.41) is 6.41. The molecule has 6 nitrogen and oxygen atoms in total. The first kappa shape index (κ1) is 20.0. The lowest BCUT2D eigenvalue weighted by molar-refractivity contribution is 0.506. The standard InChI is InChI=1S/C15H23N3O3S.HI/c1-12(2)10-17-15(16-7-5-14-4-3-8-21-14)18-13-6-9-22(19,20)11-13;/h3-4,8,13H,1,5-7,9-11H2,2H3,(H2,16,17,18);1H. The largest absolute Gasteiger partial charge is 0.469 e. The maximum absolute atomic E-state index is 11.5. The summed E-state index contributed by atoms with van der Waals surface area (Å²) in [7, 11) is -2.91. The van der Waals surface area contributed by atoms with Gasteiger partial charge < -0.3 is 15.1 Å². The van der Waals surface area contributed by atoms with Crippen LogP contribution in [-0.2, 0) is 16.3 Å². The number of furan rings is 1. The Hall–Kier alpha value is -1.03. The van der Waals surface area contributed by atoms with Gasteiger partial charge in [-0.25, -0.2) is 13.4 Å². The molecule has 1 saturated heterocycles. The molecule has 8 heteroatoms. The molecule has 0 aromatic carbocycles. The highest BCUT2D eigenvalue weighted by Crippen LogP contribution is 2.11. The Labute approximate surface area is 154 Å². The molecule has 1 aromatic rings. The van der Waals surface area contributed by atoms with Gasteiger partial charge in [-0.2, -0.15) is 0 Å². The predicted octanol–water partition coefficient (Wildman–Crippen LogP) is 1.74. The molecule has 0 spiro atoms. The van der Waals surface area contributed by atoms with Gasteiger partial charge in [0, 0.05) is 19.0 Å². The first-order valence-electron chi connectivity index (χ1n) is 7.37. The highest BCUT2D eigenvalue weighted by Gasteiger charge is 2.28. The summed E-state index contributed by atoms with van der Waals surface area (Å²) >= 11 is 0. The van der Waals surface area contributed by atoms with Crippen LogP contribution in [0.3, 0.4) is 0 Å². The van der Waals surface area contributed by atoms with Crippen LogP contribution < -0.4 is 10.6 Å². The summed E-state index contributed by atoms with van der Waals surface area (Å²) in [4.78, 5) is 4.42. The maximum atomic E-state index is 11.5.